The van der Waals surface area contributed by atoms with Gasteiger partial charge in [-0.1, -0.05) is 27.7 Å². The lowest BCUT2D eigenvalue weighted by atomic mass is 9.86. The van der Waals surface area contributed by atoms with Gasteiger partial charge in [0.2, 0.25) is 0 Å². The number of nitrogen functional groups attached to an aromatic ring is 1. The fourth-order valence-electron chi connectivity index (χ4n) is 2.12. The van der Waals surface area contributed by atoms with Crippen LogP contribution < -0.4 is 11.1 Å². The summed E-state index contributed by atoms with van der Waals surface area (Å²) in [6.07, 6.45) is 5.70. The third-order valence-electron chi connectivity index (χ3n) is 2.76. The van der Waals surface area contributed by atoms with Crippen LogP contribution in [-0.2, 0) is 6.42 Å². The van der Waals surface area contributed by atoms with Crippen LogP contribution in [0.15, 0.2) is 18.5 Å². The van der Waals surface area contributed by atoms with Gasteiger partial charge in [-0.25, -0.2) is 0 Å². The van der Waals surface area contributed by atoms with E-state index in [2.05, 4.69) is 38.0 Å². The molecule has 17 heavy (non-hydrogen) atoms. The van der Waals surface area contributed by atoms with Crippen LogP contribution in [-0.4, -0.2) is 17.6 Å². The van der Waals surface area contributed by atoms with Crippen LogP contribution in [0.4, 0.5) is 5.69 Å². The summed E-state index contributed by atoms with van der Waals surface area (Å²) in [6, 6.07) is 2.33. The number of aromatic nitrogens is 1. The minimum absolute atomic E-state index is 0.323. The molecule has 0 aromatic carbocycles. The highest BCUT2D eigenvalue weighted by Crippen LogP contribution is 2.23. The van der Waals surface area contributed by atoms with Crippen LogP contribution in [0.25, 0.3) is 0 Å². The van der Waals surface area contributed by atoms with Gasteiger partial charge in [-0.3, -0.25) is 4.98 Å². The highest BCUT2D eigenvalue weighted by atomic mass is 14.9. The molecule has 1 heterocycles. The van der Waals surface area contributed by atoms with E-state index in [4.69, 9.17) is 5.73 Å². The molecule has 1 rings (SSSR count). The fraction of sp³-hybridized carbons (Fsp3) is 0.643. The molecule has 3 nitrogen and oxygen atoms in total. The quantitative estimate of drug-likeness (QED) is 0.825. The zero-order chi connectivity index (χ0) is 12.9. The predicted octanol–water partition coefficient (Wildman–Crippen LogP) is 2.62. The number of hydrogen-bond acceptors (Lipinski definition) is 3. The molecule has 0 saturated heterocycles. The molecule has 1 aromatic heterocycles. The topological polar surface area (TPSA) is 50.9 Å². The summed E-state index contributed by atoms with van der Waals surface area (Å²) in [7, 11) is 0. The monoisotopic (exact) mass is 235 g/mol. The number of pyridine rings is 1. The molecular formula is C14H25N3. The Hall–Kier alpha value is -1.09. The Morgan fingerprint density at radius 3 is 2.65 bits per heavy atom. The van der Waals surface area contributed by atoms with Crippen molar-refractivity contribution in [1.82, 2.24) is 10.3 Å². The van der Waals surface area contributed by atoms with E-state index in [1.807, 2.05) is 12.3 Å². The van der Waals surface area contributed by atoms with E-state index in [1.54, 1.807) is 6.20 Å². The molecule has 0 aliphatic heterocycles. The van der Waals surface area contributed by atoms with Crippen LogP contribution in [0.2, 0.25) is 0 Å². The van der Waals surface area contributed by atoms with Gasteiger partial charge in [0.25, 0.3) is 0 Å². The SMILES string of the molecule is CCNC(Cc1cnccc1N)CC(C)(C)C. The van der Waals surface area contributed by atoms with E-state index in [-0.39, 0.29) is 0 Å². The van der Waals surface area contributed by atoms with Gasteiger partial charge in [0.15, 0.2) is 0 Å². The first-order chi connectivity index (χ1) is 7.92. The van der Waals surface area contributed by atoms with Crippen LogP contribution in [0.3, 0.4) is 0 Å². The van der Waals surface area contributed by atoms with E-state index in [0.29, 0.717) is 11.5 Å². The summed E-state index contributed by atoms with van der Waals surface area (Å²) >= 11 is 0. The maximum atomic E-state index is 5.96. The summed E-state index contributed by atoms with van der Waals surface area (Å²) < 4.78 is 0. The van der Waals surface area contributed by atoms with Crippen LogP contribution in [0.1, 0.15) is 39.7 Å². The predicted molar refractivity (Wildman–Crippen MR) is 73.9 cm³/mol. The Bertz CT molecular complexity index is 342. The normalized spacial score (nSPS) is 13.6. The summed E-state index contributed by atoms with van der Waals surface area (Å²) in [5.41, 5.74) is 8.27. The van der Waals surface area contributed by atoms with Gasteiger partial charge in [-0.15, -0.1) is 0 Å². The molecule has 3 N–H and O–H groups in total. The van der Waals surface area contributed by atoms with E-state index in [1.165, 1.54) is 0 Å². The highest BCUT2D eigenvalue weighted by Gasteiger charge is 2.19. The number of hydrogen-bond donors (Lipinski definition) is 2. The Labute approximate surface area is 105 Å². The van der Waals surface area contributed by atoms with Crippen molar-refractivity contribution in [2.75, 3.05) is 12.3 Å². The van der Waals surface area contributed by atoms with Crippen molar-refractivity contribution in [2.45, 2.75) is 46.6 Å². The summed E-state index contributed by atoms with van der Waals surface area (Å²) in [5.74, 6) is 0. The Kier molecular flexibility index (Phi) is 4.94. The van der Waals surface area contributed by atoms with Gasteiger partial charge in [0.05, 0.1) is 0 Å². The van der Waals surface area contributed by atoms with Gasteiger partial charge >= 0.3 is 0 Å². The molecule has 1 unspecified atom stereocenters. The maximum absolute atomic E-state index is 5.96. The van der Waals surface area contributed by atoms with Crippen molar-refractivity contribution in [2.24, 2.45) is 5.41 Å². The van der Waals surface area contributed by atoms with Crippen molar-refractivity contribution in [3.05, 3.63) is 24.0 Å². The fourth-order valence-corrected chi connectivity index (χ4v) is 2.12. The summed E-state index contributed by atoms with van der Waals surface area (Å²) in [5, 5.41) is 3.53. The smallest absolute Gasteiger partial charge is 0.0378 e. The van der Waals surface area contributed by atoms with Gasteiger partial charge in [-0.2, -0.15) is 0 Å². The first-order valence-corrected chi connectivity index (χ1v) is 6.34. The van der Waals surface area contributed by atoms with Crippen molar-refractivity contribution in [1.29, 1.82) is 0 Å². The lowest BCUT2D eigenvalue weighted by molar-refractivity contribution is 0.309. The summed E-state index contributed by atoms with van der Waals surface area (Å²) in [4.78, 5) is 4.15. The van der Waals surface area contributed by atoms with E-state index in [0.717, 1.165) is 30.6 Å². The Morgan fingerprint density at radius 2 is 2.12 bits per heavy atom. The molecular weight excluding hydrogens is 210 g/mol. The molecule has 0 fully saturated rings. The first kappa shape index (κ1) is 14.0. The molecule has 3 heteroatoms. The third-order valence-corrected chi connectivity index (χ3v) is 2.76. The van der Waals surface area contributed by atoms with Gasteiger partial charge in [0, 0.05) is 24.1 Å². The minimum atomic E-state index is 0.323. The van der Waals surface area contributed by atoms with E-state index >= 15 is 0 Å². The maximum Gasteiger partial charge on any atom is 0.0378 e. The van der Waals surface area contributed by atoms with Crippen LogP contribution >= 0.6 is 0 Å². The van der Waals surface area contributed by atoms with E-state index in [9.17, 15) is 0 Å². The summed E-state index contributed by atoms with van der Waals surface area (Å²) in [6.45, 7) is 9.93. The second-order valence-corrected chi connectivity index (χ2v) is 5.80. The number of anilines is 1. The highest BCUT2D eigenvalue weighted by molar-refractivity contribution is 5.44. The number of nitrogens with one attached hydrogen (secondary N) is 1. The molecule has 1 atom stereocenters. The lowest BCUT2D eigenvalue weighted by Gasteiger charge is -2.27. The van der Waals surface area contributed by atoms with Crippen LogP contribution in [0.5, 0.6) is 0 Å². The van der Waals surface area contributed by atoms with Crippen LogP contribution in [0, 0.1) is 5.41 Å². The molecule has 1 aromatic rings. The van der Waals surface area contributed by atoms with Crippen molar-refractivity contribution >= 4 is 5.69 Å². The number of nitrogens with zero attached hydrogens (tertiary/aromatic N) is 1. The van der Waals surface area contributed by atoms with Gasteiger partial charge in [0.1, 0.15) is 0 Å². The Morgan fingerprint density at radius 1 is 1.41 bits per heavy atom. The van der Waals surface area contributed by atoms with Crippen molar-refractivity contribution in [3.63, 3.8) is 0 Å². The molecule has 0 aliphatic rings. The van der Waals surface area contributed by atoms with Gasteiger partial charge < -0.3 is 11.1 Å². The second kappa shape index (κ2) is 6.01. The minimum Gasteiger partial charge on any atom is -0.398 e. The average molecular weight is 235 g/mol. The Balaban J connectivity index is 2.70. The molecule has 0 spiro atoms. The number of rotatable bonds is 5. The molecule has 96 valence electrons. The molecule has 0 bridgehead atoms. The number of nitrogens with two attached hydrogens (primary N) is 1. The molecule has 0 radical (unpaired) electrons. The second-order valence-electron chi connectivity index (χ2n) is 5.80. The zero-order valence-corrected chi connectivity index (χ0v) is 11.5. The largest absolute Gasteiger partial charge is 0.398 e. The van der Waals surface area contributed by atoms with Crippen molar-refractivity contribution < 1.29 is 0 Å². The lowest BCUT2D eigenvalue weighted by Crippen LogP contribution is -2.34. The number of likely N-dealkylation sites (N-methyl/N-ethyl adjacent to an activating group) is 1. The zero-order valence-electron chi connectivity index (χ0n) is 11.5. The van der Waals surface area contributed by atoms with Gasteiger partial charge in [-0.05, 0) is 36.4 Å². The van der Waals surface area contributed by atoms with Crippen molar-refractivity contribution in [3.8, 4) is 0 Å². The standard InChI is InChI=1S/C14H25N3/c1-5-17-12(9-14(2,3)4)8-11-10-16-7-6-13(11)15/h6-7,10,12,17H,5,8-9H2,1-4H3,(H2,15,16). The molecule has 0 saturated carbocycles. The first-order valence-electron chi connectivity index (χ1n) is 6.34. The molecule has 0 aliphatic carbocycles. The van der Waals surface area contributed by atoms with E-state index < -0.39 is 0 Å². The average Bonchev–Trinajstić information content (AvgIpc) is 2.19. The molecule has 0 amide bonds. The third kappa shape index (κ3) is 5.18.